The summed E-state index contributed by atoms with van der Waals surface area (Å²) in [5.41, 5.74) is 0. The van der Waals surface area contributed by atoms with Gasteiger partial charge in [-0.3, -0.25) is 4.79 Å². The van der Waals surface area contributed by atoms with Gasteiger partial charge in [0, 0.05) is 5.92 Å². The number of methoxy groups -OCH3 is 1. The quantitative estimate of drug-likeness (QED) is 0.653. The van der Waals surface area contributed by atoms with Crippen LogP contribution >= 0.6 is 0 Å². The first-order chi connectivity index (χ1) is 6.13. The van der Waals surface area contributed by atoms with Crippen molar-refractivity contribution in [2.75, 3.05) is 7.11 Å². The zero-order valence-corrected chi connectivity index (χ0v) is 7.90. The Morgan fingerprint density at radius 2 is 2.31 bits per heavy atom. The van der Waals surface area contributed by atoms with Gasteiger partial charge in [0.25, 0.3) is 0 Å². The topological polar surface area (TPSA) is 65.2 Å². The van der Waals surface area contributed by atoms with Gasteiger partial charge in [-0.25, -0.2) is 0 Å². The number of aromatic nitrogens is 2. The zero-order valence-electron chi connectivity index (χ0n) is 7.90. The number of hydrogen-bond donors (Lipinski definition) is 0. The van der Waals surface area contributed by atoms with Gasteiger partial charge in [-0.1, -0.05) is 19.0 Å². The first kappa shape index (κ1) is 9.70. The molecule has 5 heteroatoms. The third kappa shape index (κ3) is 2.54. The number of nitrogens with zero attached hydrogens (tertiary/aromatic N) is 2. The second-order valence-electron chi connectivity index (χ2n) is 2.95. The summed E-state index contributed by atoms with van der Waals surface area (Å²) in [5.74, 6) is 0.739. The molecule has 0 saturated carbocycles. The molecule has 0 bridgehead atoms. The molecule has 0 fully saturated rings. The highest BCUT2D eigenvalue weighted by molar-refractivity contribution is 5.70. The molecule has 0 aromatic carbocycles. The average Bonchev–Trinajstić information content (AvgIpc) is 2.52. The molecular weight excluding hydrogens is 172 g/mol. The largest absolute Gasteiger partial charge is 0.469 e. The van der Waals surface area contributed by atoms with Crippen molar-refractivity contribution in [2.24, 2.45) is 0 Å². The van der Waals surface area contributed by atoms with E-state index in [9.17, 15) is 4.79 Å². The fraction of sp³-hybridized carbons (Fsp3) is 0.625. The van der Waals surface area contributed by atoms with Gasteiger partial charge in [0.05, 0.1) is 7.11 Å². The van der Waals surface area contributed by atoms with Gasteiger partial charge in [-0.15, -0.1) is 0 Å². The molecule has 0 spiro atoms. The van der Waals surface area contributed by atoms with E-state index in [0.717, 1.165) is 0 Å². The summed E-state index contributed by atoms with van der Waals surface area (Å²) in [6.07, 6.45) is 0.0379. The van der Waals surface area contributed by atoms with Gasteiger partial charge >= 0.3 is 5.97 Å². The Morgan fingerprint density at radius 3 is 2.77 bits per heavy atom. The van der Waals surface area contributed by atoms with Crippen molar-refractivity contribution in [2.45, 2.75) is 26.2 Å². The van der Waals surface area contributed by atoms with Gasteiger partial charge in [-0.05, 0) is 0 Å². The Morgan fingerprint density at radius 1 is 1.62 bits per heavy atom. The fourth-order valence-electron chi connectivity index (χ4n) is 0.770. The Balaban J connectivity index is 2.64. The first-order valence-corrected chi connectivity index (χ1v) is 4.02. The molecule has 0 aliphatic rings. The molecule has 0 atom stereocenters. The minimum atomic E-state index is -0.376. The maximum atomic E-state index is 10.8. The van der Waals surface area contributed by atoms with Crippen molar-refractivity contribution in [3.05, 3.63) is 11.7 Å². The van der Waals surface area contributed by atoms with Crippen LogP contribution in [0.1, 0.15) is 31.5 Å². The summed E-state index contributed by atoms with van der Waals surface area (Å²) in [5, 5.41) is 3.71. The third-order valence-electron chi connectivity index (χ3n) is 1.52. The van der Waals surface area contributed by atoms with Crippen LogP contribution in [0, 0.1) is 0 Å². The zero-order chi connectivity index (χ0) is 9.84. The van der Waals surface area contributed by atoms with Gasteiger partial charge in [0.2, 0.25) is 5.89 Å². The lowest BCUT2D eigenvalue weighted by molar-refractivity contribution is -0.140. The minimum absolute atomic E-state index is 0.0379. The number of rotatable bonds is 3. The standard InChI is InChI=1S/C8H12N2O3/c1-5(2)8-9-6(13-10-8)4-7(11)12-3/h5H,4H2,1-3H3. The average molecular weight is 184 g/mol. The van der Waals surface area contributed by atoms with Crippen LogP contribution in [-0.4, -0.2) is 23.2 Å². The summed E-state index contributed by atoms with van der Waals surface area (Å²) < 4.78 is 9.29. The van der Waals surface area contributed by atoms with Gasteiger partial charge < -0.3 is 9.26 Å². The lowest BCUT2D eigenvalue weighted by atomic mass is 10.2. The Kier molecular flexibility index (Phi) is 3.00. The first-order valence-electron chi connectivity index (χ1n) is 4.02. The van der Waals surface area contributed by atoms with Crippen molar-refractivity contribution in [1.82, 2.24) is 10.1 Å². The highest BCUT2D eigenvalue weighted by atomic mass is 16.5. The van der Waals surface area contributed by atoms with E-state index < -0.39 is 0 Å². The van der Waals surface area contributed by atoms with Gasteiger partial charge in [-0.2, -0.15) is 4.98 Å². The van der Waals surface area contributed by atoms with E-state index in [0.29, 0.717) is 11.7 Å². The fourth-order valence-corrected chi connectivity index (χ4v) is 0.770. The second-order valence-corrected chi connectivity index (χ2v) is 2.95. The van der Waals surface area contributed by atoms with E-state index in [4.69, 9.17) is 4.52 Å². The van der Waals surface area contributed by atoms with Crippen LogP contribution in [0.15, 0.2) is 4.52 Å². The summed E-state index contributed by atoms with van der Waals surface area (Å²) in [6, 6.07) is 0. The normalized spacial score (nSPS) is 10.5. The number of carbonyl (C=O) groups excluding carboxylic acids is 1. The van der Waals surface area contributed by atoms with Crippen molar-refractivity contribution < 1.29 is 14.1 Å². The smallest absolute Gasteiger partial charge is 0.315 e. The third-order valence-corrected chi connectivity index (χ3v) is 1.52. The molecular formula is C8H12N2O3. The lowest BCUT2D eigenvalue weighted by Crippen LogP contribution is -2.04. The maximum absolute atomic E-state index is 10.8. The number of hydrogen-bond acceptors (Lipinski definition) is 5. The number of carbonyl (C=O) groups is 1. The van der Waals surface area contributed by atoms with E-state index in [-0.39, 0.29) is 18.3 Å². The second kappa shape index (κ2) is 4.02. The van der Waals surface area contributed by atoms with Crippen LogP contribution in [-0.2, 0) is 16.0 Å². The van der Waals surface area contributed by atoms with E-state index in [1.165, 1.54) is 7.11 Å². The molecule has 1 heterocycles. The van der Waals surface area contributed by atoms with Crippen LogP contribution in [0.5, 0.6) is 0 Å². The van der Waals surface area contributed by atoms with Crippen LogP contribution < -0.4 is 0 Å². The Bertz CT molecular complexity index is 293. The van der Waals surface area contributed by atoms with Crippen LogP contribution in [0.2, 0.25) is 0 Å². The van der Waals surface area contributed by atoms with Gasteiger partial charge in [0.1, 0.15) is 6.42 Å². The highest BCUT2D eigenvalue weighted by Crippen LogP contribution is 2.09. The molecule has 0 amide bonds. The highest BCUT2D eigenvalue weighted by Gasteiger charge is 2.12. The summed E-state index contributed by atoms with van der Waals surface area (Å²) >= 11 is 0. The predicted molar refractivity (Wildman–Crippen MR) is 44.1 cm³/mol. The Hall–Kier alpha value is -1.39. The van der Waals surface area contributed by atoms with E-state index in [1.807, 2.05) is 13.8 Å². The number of esters is 1. The van der Waals surface area contributed by atoms with Crippen LogP contribution in [0.3, 0.4) is 0 Å². The molecule has 0 aliphatic heterocycles. The molecule has 13 heavy (non-hydrogen) atoms. The van der Waals surface area contributed by atoms with Crippen molar-refractivity contribution in [1.29, 1.82) is 0 Å². The lowest BCUT2D eigenvalue weighted by Gasteiger charge is -1.93. The molecule has 0 aliphatic carbocycles. The van der Waals surface area contributed by atoms with E-state index in [2.05, 4.69) is 14.9 Å². The van der Waals surface area contributed by atoms with Crippen LogP contribution in [0.25, 0.3) is 0 Å². The van der Waals surface area contributed by atoms with Gasteiger partial charge in [0.15, 0.2) is 5.82 Å². The maximum Gasteiger partial charge on any atom is 0.315 e. The molecule has 1 rings (SSSR count). The Labute approximate surface area is 76.1 Å². The number of ether oxygens (including phenoxy) is 1. The minimum Gasteiger partial charge on any atom is -0.469 e. The summed E-state index contributed by atoms with van der Waals surface area (Å²) in [6.45, 7) is 3.90. The van der Waals surface area contributed by atoms with E-state index in [1.54, 1.807) is 0 Å². The SMILES string of the molecule is COC(=O)Cc1nc(C(C)C)no1. The predicted octanol–water partition coefficient (Wildman–Crippen LogP) is 0.908. The van der Waals surface area contributed by atoms with Crippen molar-refractivity contribution >= 4 is 5.97 Å². The molecule has 0 radical (unpaired) electrons. The monoisotopic (exact) mass is 184 g/mol. The van der Waals surface area contributed by atoms with Crippen molar-refractivity contribution in [3.8, 4) is 0 Å². The molecule has 0 saturated heterocycles. The van der Waals surface area contributed by atoms with Crippen molar-refractivity contribution in [3.63, 3.8) is 0 Å². The molecule has 5 nitrogen and oxygen atoms in total. The molecule has 0 N–H and O–H groups in total. The molecule has 0 unspecified atom stereocenters. The summed E-state index contributed by atoms with van der Waals surface area (Å²) in [7, 11) is 1.32. The molecule has 1 aromatic rings. The summed E-state index contributed by atoms with van der Waals surface area (Å²) in [4.78, 5) is 14.8. The molecule has 1 aromatic heterocycles. The van der Waals surface area contributed by atoms with E-state index >= 15 is 0 Å². The molecule has 72 valence electrons. The van der Waals surface area contributed by atoms with Crippen LogP contribution in [0.4, 0.5) is 0 Å².